The van der Waals surface area contributed by atoms with Crippen molar-refractivity contribution < 1.29 is 9.13 Å². The van der Waals surface area contributed by atoms with Crippen LogP contribution in [0.25, 0.3) is 10.1 Å². The van der Waals surface area contributed by atoms with Gasteiger partial charge in [0.1, 0.15) is 5.82 Å². The maximum absolute atomic E-state index is 13.2. The highest BCUT2D eigenvalue weighted by Crippen LogP contribution is 2.32. The van der Waals surface area contributed by atoms with Gasteiger partial charge in [0.15, 0.2) is 0 Å². The van der Waals surface area contributed by atoms with Gasteiger partial charge in [-0.2, -0.15) is 0 Å². The van der Waals surface area contributed by atoms with Crippen LogP contribution >= 0.6 is 11.3 Å². The Kier molecular flexibility index (Phi) is 4.32. The van der Waals surface area contributed by atoms with Crippen molar-refractivity contribution in [1.29, 1.82) is 0 Å². The molecule has 1 heterocycles. The molecule has 0 aliphatic heterocycles. The van der Waals surface area contributed by atoms with E-state index in [9.17, 15) is 4.39 Å². The van der Waals surface area contributed by atoms with Crippen LogP contribution < -0.4 is 5.32 Å². The fourth-order valence-corrected chi connectivity index (χ4v) is 3.10. The molecule has 2 nitrogen and oxygen atoms in total. The topological polar surface area (TPSA) is 21.3 Å². The molecular weight excluding hydrogens is 249 g/mol. The third-order valence-corrected chi connectivity index (χ3v) is 3.99. The molecule has 2 rings (SSSR count). The van der Waals surface area contributed by atoms with Crippen molar-refractivity contribution >= 4 is 21.4 Å². The minimum absolute atomic E-state index is 0.184. The van der Waals surface area contributed by atoms with Crippen molar-refractivity contribution in [3.05, 3.63) is 34.5 Å². The first kappa shape index (κ1) is 13.5. The SMILES string of the molecule is COCc1c(CNC(C)C)sc2cc(F)ccc12. The molecule has 1 aromatic carbocycles. The number of halogens is 1. The zero-order valence-electron chi connectivity index (χ0n) is 10.9. The number of nitrogens with one attached hydrogen (secondary N) is 1. The molecule has 4 heteroatoms. The van der Waals surface area contributed by atoms with Crippen LogP contribution in [0.4, 0.5) is 4.39 Å². The third-order valence-electron chi connectivity index (χ3n) is 2.80. The molecule has 1 N–H and O–H groups in total. The molecule has 2 aromatic rings. The smallest absolute Gasteiger partial charge is 0.124 e. The molecule has 0 saturated carbocycles. The second-order valence-corrected chi connectivity index (χ2v) is 5.75. The fraction of sp³-hybridized carbons (Fsp3) is 0.429. The Morgan fingerprint density at radius 1 is 1.39 bits per heavy atom. The van der Waals surface area contributed by atoms with E-state index < -0.39 is 0 Å². The first-order valence-corrected chi connectivity index (χ1v) is 6.85. The molecular formula is C14H18FNOS. The van der Waals surface area contributed by atoms with Crippen LogP contribution in [0.15, 0.2) is 18.2 Å². The summed E-state index contributed by atoms with van der Waals surface area (Å²) in [5.41, 5.74) is 1.17. The van der Waals surface area contributed by atoms with Gasteiger partial charge in [-0.15, -0.1) is 11.3 Å². The second kappa shape index (κ2) is 5.78. The number of ether oxygens (including phenoxy) is 1. The zero-order chi connectivity index (χ0) is 13.1. The van der Waals surface area contributed by atoms with Gasteiger partial charge in [-0.3, -0.25) is 0 Å². The van der Waals surface area contributed by atoms with Crippen molar-refractivity contribution in [2.24, 2.45) is 0 Å². The summed E-state index contributed by atoms with van der Waals surface area (Å²) in [5, 5.41) is 4.50. The van der Waals surface area contributed by atoms with E-state index in [4.69, 9.17) is 4.74 Å². The van der Waals surface area contributed by atoms with Crippen molar-refractivity contribution in [2.45, 2.75) is 33.0 Å². The maximum atomic E-state index is 13.2. The molecule has 0 unspecified atom stereocenters. The molecule has 0 fully saturated rings. The maximum Gasteiger partial charge on any atom is 0.124 e. The molecule has 0 bridgehead atoms. The van der Waals surface area contributed by atoms with Crippen LogP contribution in [0.2, 0.25) is 0 Å². The number of hydrogen-bond acceptors (Lipinski definition) is 3. The standard InChI is InChI=1S/C14H18FNOS/c1-9(2)16-7-14-12(8-17-3)11-5-4-10(15)6-13(11)18-14/h4-6,9,16H,7-8H2,1-3H3. The monoisotopic (exact) mass is 267 g/mol. The largest absolute Gasteiger partial charge is 0.380 e. The quantitative estimate of drug-likeness (QED) is 0.892. The van der Waals surface area contributed by atoms with Crippen LogP contribution in [0, 0.1) is 5.82 Å². The van der Waals surface area contributed by atoms with Gasteiger partial charge in [0.25, 0.3) is 0 Å². The summed E-state index contributed by atoms with van der Waals surface area (Å²) >= 11 is 1.64. The highest BCUT2D eigenvalue weighted by molar-refractivity contribution is 7.19. The van der Waals surface area contributed by atoms with Gasteiger partial charge in [-0.05, 0) is 17.5 Å². The first-order valence-electron chi connectivity index (χ1n) is 6.04. The van der Waals surface area contributed by atoms with Gasteiger partial charge in [-0.25, -0.2) is 4.39 Å². The van der Waals surface area contributed by atoms with Crippen LogP contribution in [0.1, 0.15) is 24.3 Å². The second-order valence-electron chi connectivity index (χ2n) is 4.61. The van der Waals surface area contributed by atoms with E-state index in [2.05, 4.69) is 19.2 Å². The predicted octanol–water partition coefficient (Wildman–Crippen LogP) is 3.68. The average molecular weight is 267 g/mol. The van der Waals surface area contributed by atoms with E-state index in [0.29, 0.717) is 12.6 Å². The summed E-state index contributed by atoms with van der Waals surface area (Å²) in [6.45, 7) is 5.60. The van der Waals surface area contributed by atoms with Gasteiger partial charge in [0.05, 0.1) is 6.61 Å². The van der Waals surface area contributed by atoms with E-state index in [1.807, 2.05) is 6.07 Å². The molecule has 0 radical (unpaired) electrons. The Labute approximate surface area is 111 Å². The Bertz CT molecular complexity index is 536. The van der Waals surface area contributed by atoms with Gasteiger partial charge >= 0.3 is 0 Å². The van der Waals surface area contributed by atoms with E-state index in [-0.39, 0.29) is 5.82 Å². The number of thiophene rings is 1. The van der Waals surface area contributed by atoms with Crippen LogP contribution in [0.5, 0.6) is 0 Å². The van der Waals surface area contributed by atoms with Crippen molar-refractivity contribution in [3.8, 4) is 0 Å². The molecule has 18 heavy (non-hydrogen) atoms. The van der Waals surface area contributed by atoms with E-state index in [1.165, 1.54) is 16.5 Å². The Morgan fingerprint density at radius 2 is 2.17 bits per heavy atom. The summed E-state index contributed by atoms with van der Waals surface area (Å²) in [7, 11) is 1.69. The van der Waals surface area contributed by atoms with Crippen LogP contribution in [-0.4, -0.2) is 13.2 Å². The number of benzene rings is 1. The lowest BCUT2D eigenvalue weighted by Gasteiger charge is -2.08. The normalized spacial score (nSPS) is 11.6. The highest BCUT2D eigenvalue weighted by atomic mass is 32.1. The zero-order valence-corrected chi connectivity index (χ0v) is 11.7. The van der Waals surface area contributed by atoms with Gasteiger partial charge in [0, 0.05) is 34.8 Å². The summed E-state index contributed by atoms with van der Waals surface area (Å²) in [6.07, 6.45) is 0. The lowest BCUT2D eigenvalue weighted by molar-refractivity contribution is 0.185. The lowest BCUT2D eigenvalue weighted by Crippen LogP contribution is -2.21. The van der Waals surface area contributed by atoms with E-state index >= 15 is 0 Å². The number of rotatable bonds is 5. The molecule has 98 valence electrons. The summed E-state index contributed by atoms with van der Waals surface area (Å²) in [5.74, 6) is -0.184. The number of methoxy groups -OCH3 is 1. The molecule has 1 aromatic heterocycles. The summed E-state index contributed by atoms with van der Waals surface area (Å²) in [4.78, 5) is 1.23. The third kappa shape index (κ3) is 2.88. The molecule has 0 amide bonds. The summed E-state index contributed by atoms with van der Waals surface area (Å²) < 4.78 is 19.5. The number of fused-ring (bicyclic) bond motifs is 1. The fourth-order valence-electron chi connectivity index (χ4n) is 1.92. The van der Waals surface area contributed by atoms with Crippen molar-refractivity contribution in [2.75, 3.05) is 7.11 Å². The van der Waals surface area contributed by atoms with Crippen LogP contribution in [-0.2, 0) is 17.9 Å². The Morgan fingerprint density at radius 3 is 2.83 bits per heavy atom. The molecule has 0 atom stereocenters. The van der Waals surface area contributed by atoms with Gasteiger partial charge in [0.2, 0.25) is 0 Å². The minimum atomic E-state index is -0.184. The Balaban J connectivity index is 2.40. The summed E-state index contributed by atoms with van der Waals surface area (Å²) in [6, 6.07) is 5.38. The van der Waals surface area contributed by atoms with Crippen molar-refractivity contribution in [3.63, 3.8) is 0 Å². The van der Waals surface area contributed by atoms with Crippen LogP contribution in [0.3, 0.4) is 0 Å². The molecule has 0 aliphatic rings. The lowest BCUT2D eigenvalue weighted by atomic mass is 10.1. The first-order chi connectivity index (χ1) is 8.61. The molecule has 0 saturated heterocycles. The van der Waals surface area contributed by atoms with E-state index in [1.54, 1.807) is 24.5 Å². The van der Waals surface area contributed by atoms with Gasteiger partial charge < -0.3 is 10.1 Å². The minimum Gasteiger partial charge on any atom is -0.380 e. The molecule has 0 aliphatic carbocycles. The Hall–Kier alpha value is -0.970. The average Bonchev–Trinajstić information content (AvgIpc) is 2.64. The molecule has 0 spiro atoms. The van der Waals surface area contributed by atoms with Gasteiger partial charge in [-0.1, -0.05) is 19.9 Å². The number of hydrogen-bond donors (Lipinski definition) is 1. The van der Waals surface area contributed by atoms with E-state index in [0.717, 1.165) is 16.6 Å². The van der Waals surface area contributed by atoms with Crippen molar-refractivity contribution in [1.82, 2.24) is 5.32 Å². The highest BCUT2D eigenvalue weighted by Gasteiger charge is 2.12. The predicted molar refractivity (Wildman–Crippen MR) is 74.5 cm³/mol.